The number of benzene rings is 1. The molecule has 0 aliphatic heterocycles. The molecule has 2 heteroatoms. The van der Waals surface area contributed by atoms with Gasteiger partial charge in [0, 0.05) is 5.70 Å². The van der Waals surface area contributed by atoms with E-state index < -0.39 is 0 Å². The van der Waals surface area contributed by atoms with Crippen molar-refractivity contribution in [1.29, 1.82) is 0 Å². The van der Waals surface area contributed by atoms with Crippen LogP contribution in [0, 0.1) is 0 Å². The first-order valence-corrected chi connectivity index (χ1v) is 5.72. The molecule has 0 aromatic heterocycles. The predicted molar refractivity (Wildman–Crippen MR) is 69.4 cm³/mol. The average Bonchev–Trinajstić information content (AvgIpc) is 2.30. The van der Waals surface area contributed by atoms with E-state index in [0.717, 1.165) is 6.42 Å². The van der Waals surface area contributed by atoms with Crippen molar-refractivity contribution >= 4 is 28.6 Å². The number of halogens is 1. The molecule has 0 amide bonds. The number of nitrogens with zero attached hydrogens (tertiary/aromatic N) is 1. The van der Waals surface area contributed by atoms with Crippen LogP contribution in [0.3, 0.4) is 0 Å². The zero-order chi connectivity index (χ0) is 9.80. The lowest BCUT2D eigenvalue weighted by molar-refractivity contribution is 1.01. The molecule has 0 N–H and O–H groups in total. The highest BCUT2D eigenvalue weighted by Gasteiger charge is 2.06. The van der Waals surface area contributed by atoms with E-state index in [2.05, 4.69) is 68.5 Å². The first kappa shape index (κ1) is 9.77. The van der Waals surface area contributed by atoms with Gasteiger partial charge < -0.3 is 0 Å². The molecule has 1 nitrogen and oxygen atoms in total. The normalized spacial score (nSPS) is 15.1. The van der Waals surface area contributed by atoms with Crippen molar-refractivity contribution in [2.24, 2.45) is 0 Å². The van der Waals surface area contributed by atoms with Crippen LogP contribution in [0.2, 0.25) is 0 Å². The minimum Gasteiger partial charge on any atom is -0.283 e. The van der Waals surface area contributed by atoms with Gasteiger partial charge >= 0.3 is 0 Å². The quantitative estimate of drug-likeness (QED) is 0.587. The van der Waals surface area contributed by atoms with Gasteiger partial charge in [0.15, 0.2) is 0 Å². The molecule has 0 saturated carbocycles. The predicted octanol–water partition coefficient (Wildman–Crippen LogP) is 4.08. The summed E-state index contributed by atoms with van der Waals surface area (Å²) in [5.41, 5.74) is 2.51. The fourth-order valence-corrected chi connectivity index (χ4v) is 2.13. The van der Waals surface area contributed by atoms with E-state index in [1.54, 1.807) is 0 Å². The standard InChI is InChI=1S/C12H12IN/c13-14(11-7-3-1-4-8-11)12-9-5-2-6-10-12/h1,3-5,7-10H,2,6H2. The highest BCUT2D eigenvalue weighted by molar-refractivity contribution is 14.1. The third-order valence-electron chi connectivity index (χ3n) is 2.18. The molecule has 2 rings (SSSR count). The molecule has 0 fully saturated rings. The minimum atomic E-state index is 1.15. The highest BCUT2D eigenvalue weighted by Crippen LogP contribution is 2.26. The molecule has 72 valence electrons. The first-order chi connectivity index (χ1) is 6.88. The number of hydrogen-bond donors (Lipinski definition) is 0. The molecule has 1 aromatic rings. The average molecular weight is 297 g/mol. The van der Waals surface area contributed by atoms with Crippen LogP contribution >= 0.6 is 22.9 Å². The summed E-state index contributed by atoms with van der Waals surface area (Å²) >= 11 is 2.34. The lowest BCUT2D eigenvalue weighted by atomic mass is 10.1. The summed E-state index contributed by atoms with van der Waals surface area (Å²) in [4.78, 5) is 0. The summed E-state index contributed by atoms with van der Waals surface area (Å²) < 4.78 is 2.19. The summed E-state index contributed by atoms with van der Waals surface area (Å²) in [6.07, 6.45) is 9.01. The third-order valence-corrected chi connectivity index (χ3v) is 3.30. The van der Waals surface area contributed by atoms with Gasteiger partial charge in [-0.05, 0) is 31.1 Å². The van der Waals surface area contributed by atoms with Gasteiger partial charge in [0.05, 0.1) is 28.6 Å². The van der Waals surface area contributed by atoms with E-state index >= 15 is 0 Å². The van der Waals surface area contributed by atoms with Crippen molar-refractivity contribution in [3.05, 3.63) is 54.3 Å². The van der Waals surface area contributed by atoms with E-state index in [1.165, 1.54) is 17.8 Å². The summed E-state index contributed by atoms with van der Waals surface area (Å²) in [6.45, 7) is 0. The summed E-state index contributed by atoms with van der Waals surface area (Å²) in [6, 6.07) is 10.4. The van der Waals surface area contributed by atoms with Crippen LogP contribution in [0.25, 0.3) is 0 Å². The maximum atomic E-state index is 2.34. The minimum absolute atomic E-state index is 1.15. The molecular formula is C12H12IN. The molecule has 0 heterocycles. The molecule has 14 heavy (non-hydrogen) atoms. The highest BCUT2D eigenvalue weighted by atomic mass is 127. The molecule has 0 unspecified atom stereocenters. The molecule has 0 bridgehead atoms. The van der Waals surface area contributed by atoms with Crippen LogP contribution in [0.1, 0.15) is 12.8 Å². The lowest BCUT2D eigenvalue weighted by Crippen LogP contribution is -2.07. The first-order valence-electron chi connectivity index (χ1n) is 4.75. The van der Waals surface area contributed by atoms with Crippen LogP contribution in [-0.4, -0.2) is 0 Å². The van der Waals surface area contributed by atoms with Crippen molar-refractivity contribution < 1.29 is 0 Å². The van der Waals surface area contributed by atoms with Gasteiger partial charge in [0.2, 0.25) is 0 Å². The molecule has 0 spiro atoms. The molecular weight excluding hydrogens is 285 g/mol. The number of anilines is 1. The molecule has 1 aromatic carbocycles. The molecule has 1 aliphatic rings. The van der Waals surface area contributed by atoms with Gasteiger partial charge in [0.1, 0.15) is 0 Å². The fourth-order valence-electron chi connectivity index (χ4n) is 1.45. The second-order valence-corrected chi connectivity index (χ2v) is 4.19. The van der Waals surface area contributed by atoms with Gasteiger partial charge in [-0.25, -0.2) is 0 Å². The van der Waals surface area contributed by atoms with Crippen LogP contribution in [0.5, 0.6) is 0 Å². The van der Waals surface area contributed by atoms with Gasteiger partial charge in [-0.2, -0.15) is 0 Å². The Balaban J connectivity index is 2.20. The number of hydrogen-bond acceptors (Lipinski definition) is 1. The fraction of sp³-hybridized carbons (Fsp3) is 0.167. The Kier molecular flexibility index (Phi) is 3.24. The van der Waals surface area contributed by atoms with Crippen molar-refractivity contribution in [3.63, 3.8) is 0 Å². The van der Waals surface area contributed by atoms with Gasteiger partial charge in [-0.1, -0.05) is 30.4 Å². The zero-order valence-electron chi connectivity index (χ0n) is 7.86. The van der Waals surface area contributed by atoms with Crippen molar-refractivity contribution in [2.45, 2.75) is 12.8 Å². The number of para-hydroxylation sites is 1. The second kappa shape index (κ2) is 4.64. The molecule has 1 aliphatic carbocycles. The summed E-state index contributed by atoms with van der Waals surface area (Å²) in [7, 11) is 0. The Morgan fingerprint density at radius 3 is 2.50 bits per heavy atom. The monoisotopic (exact) mass is 297 g/mol. The number of rotatable bonds is 2. The second-order valence-electron chi connectivity index (χ2n) is 3.23. The lowest BCUT2D eigenvalue weighted by Gasteiger charge is -2.19. The Labute approximate surface area is 98.6 Å². The Hall–Kier alpha value is -0.770. The summed E-state index contributed by atoms with van der Waals surface area (Å²) in [5, 5.41) is 0. The van der Waals surface area contributed by atoms with Crippen molar-refractivity contribution in [3.8, 4) is 0 Å². The summed E-state index contributed by atoms with van der Waals surface area (Å²) in [5.74, 6) is 0. The third kappa shape index (κ3) is 2.18. The van der Waals surface area contributed by atoms with E-state index in [0.29, 0.717) is 0 Å². The van der Waals surface area contributed by atoms with Crippen molar-refractivity contribution in [1.82, 2.24) is 0 Å². The van der Waals surface area contributed by atoms with Gasteiger partial charge in [-0.3, -0.25) is 3.11 Å². The van der Waals surface area contributed by atoms with E-state index in [9.17, 15) is 0 Å². The van der Waals surface area contributed by atoms with Crippen LogP contribution in [-0.2, 0) is 0 Å². The topological polar surface area (TPSA) is 3.24 Å². The van der Waals surface area contributed by atoms with E-state index in [-0.39, 0.29) is 0 Å². The van der Waals surface area contributed by atoms with E-state index in [1.807, 2.05) is 6.07 Å². The maximum Gasteiger partial charge on any atom is 0.0646 e. The van der Waals surface area contributed by atoms with Gasteiger partial charge in [0.25, 0.3) is 0 Å². The van der Waals surface area contributed by atoms with Crippen LogP contribution in [0.4, 0.5) is 5.69 Å². The molecule has 0 radical (unpaired) electrons. The van der Waals surface area contributed by atoms with Crippen molar-refractivity contribution in [2.75, 3.05) is 3.11 Å². The molecule has 0 atom stereocenters. The maximum absolute atomic E-state index is 2.34. The van der Waals surface area contributed by atoms with Crippen LogP contribution in [0.15, 0.2) is 54.3 Å². The number of allylic oxidation sites excluding steroid dienone is 3. The van der Waals surface area contributed by atoms with E-state index in [4.69, 9.17) is 0 Å². The Bertz CT molecular complexity index is 354. The molecule has 0 saturated heterocycles. The largest absolute Gasteiger partial charge is 0.283 e. The van der Waals surface area contributed by atoms with Crippen LogP contribution < -0.4 is 3.11 Å². The Morgan fingerprint density at radius 1 is 1.07 bits per heavy atom. The smallest absolute Gasteiger partial charge is 0.0646 e. The SMILES string of the molecule is IN(C1=CCCC=C1)c1ccccc1. The Morgan fingerprint density at radius 2 is 1.86 bits per heavy atom. The zero-order valence-corrected chi connectivity index (χ0v) is 10.0. The van der Waals surface area contributed by atoms with Gasteiger partial charge in [-0.15, -0.1) is 0 Å².